The number of pyridine rings is 1. The first-order valence-corrected chi connectivity index (χ1v) is 5.01. The number of carbonyl (C=O) groups is 1. The Morgan fingerprint density at radius 3 is 3.13 bits per heavy atom. The summed E-state index contributed by atoms with van der Waals surface area (Å²) in [7, 11) is 1.62. The zero-order chi connectivity index (χ0) is 11.1. The first kappa shape index (κ1) is 11.9. The van der Waals surface area contributed by atoms with Gasteiger partial charge >= 0.3 is 0 Å². The van der Waals surface area contributed by atoms with Crippen molar-refractivity contribution in [2.24, 2.45) is 0 Å². The molecule has 0 aliphatic carbocycles. The maximum absolute atomic E-state index is 11.6. The summed E-state index contributed by atoms with van der Waals surface area (Å²) in [5, 5.41) is 2.96. The van der Waals surface area contributed by atoms with Crippen LogP contribution in [0.15, 0.2) is 18.3 Å². The molecule has 1 aromatic heterocycles. The van der Waals surface area contributed by atoms with Gasteiger partial charge in [0.1, 0.15) is 5.15 Å². The number of nitrogens with one attached hydrogen (secondary N) is 1. The number of ether oxygens (including phenoxy) is 1. The third kappa shape index (κ3) is 3.85. The molecule has 1 heterocycles. The number of nitrogens with zero attached hydrogens (tertiary/aromatic N) is 1. The van der Waals surface area contributed by atoms with Crippen LogP contribution in [-0.4, -0.2) is 31.2 Å². The van der Waals surface area contributed by atoms with Crippen molar-refractivity contribution in [3.8, 4) is 0 Å². The quantitative estimate of drug-likeness (QED) is 0.614. The summed E-state index contributed by atoms with van der Waals surface area (Å²) in [4.78, 5) is 15.4. The molecular weight excluding hydrogens is 216 g/mol. The Hall–Kier alpha value is -1.13. The van der Waals surface area contributed by atoms with Gasteiger partial charge in [0.05, 0.1) is 5.56 Å². The highest BCUT2D eigenvalue weighted by molar-refractivity contribution is 6.32. The molecule has 0 unspecified atom stereocenters. The SMILES string of the molecule is COCCCNC(=O)c1cccnc1Cl. The molecule has 0 fully saturated rings. The highest BCUT2D eigenvalue weighted by Crippen LogP contribution is 2.10. The summed E-state index contributed by atoms with van der Waals surface area (Å²) in [6.07, 6.45) is 2.32. The molecule has 1 aromatic rings. The van der Waals surface area contributed by atoms with Gasteiger partial charge in [0, 0.05) is 26.5 Å². The van der Waals surface area contributed by atoms with E-state index in [0.717, 1.165) is 6.42 Å². The van der Waals surface area contributed by atoms with E-state index in [-0.39, 0.29) is 11.1 Å². The molecule has 0 spiro atoms. The Kier molecular flexibility index (Phi) is 5.07. The average molecular weight is 229 g/mol. The monoisotopic (exact) mass is 228 g/mol. The van der Waals surface area contributed by atoms with E-state index in [1.165, 1.54) is 0 Å². The van der Waals surface area contributed by atoms with Crippen LogP contribution in [0.25, 0.3) is 0 Å². The van der Waals surface area contributed by atoms with E-state index < -0.39 is 0 Å². The molecular formula is C10H13ClN2O2. The smallest absolute Gasteiger partial charge is 0.254 e. The summed E-state index contributed by atoms with van der Waals surface area (Å²) in [6.45, 7) is 1.19. The highest BCUT2D eigenvalue weighted by atomic mass is 35.5. The molecule has 82 valence electrons. The maximum Gasteiger partial charge on any atom is 0.254 e. The first-order valence-electron chi connectivity index (χ1n) is 4.63. The number of rotatable bonds is 5. The van der Waals surface area contributed by atoms with Gasteiger partial charge in [-0.15, -0.1) is 0 Å². The first-order chi connectivity index (χ1) is 7.25. The number of hydrogen-bond donors (Lipinski definition) is 1. The fraction of sp³-hybridized carbons (Fsp3) is 0.400. The predicted molar refractivity (Wildman–Crippen MR) is 58.1 cm³/mol. The van der Waals surface area contributed by atoms with Gasteiger partial charge in [-0.3, -0.25) is 4.79 Å². The van der Waals surface area contributed by atoms with Crippen LogP contribution < -0.4 is 5.32 Å². The molecule has 0 atom stereocenters. The second-order valence-corrected chi connectivity index (χ2v) is 3.30. The molecule has 15 heavy (non-hydrogen) atoms. The van der Waals surface area contributed by atoms with Gasteiger partial charge < -0.3 is 10.1 Å². The molecule has 0 aliphatic rings. The van der Waals surface area contributed by atoms with Crippen LogP contribution in [0.1, 0.15) is 16.8 Å². The van der Waals surface area contributed by atoms with E-state index in [1.54, 1.807) is 25.4 Å². The molecule has 0 saturated carbocycles. The van der Waals surface area contributed by atoms with Gasteiger partial charge in [-0.1, -0.05) is 11.6 Å². The topological polar surface area (TPSA) is 51.2 Å². The minimum Gasteiger partial charge on any atom is -0.385 e. The van der Waals surface area contributed by atoms with Crippen molar-refractivity contribution < 1.29 is 9.53 Å². The molecule has 0 saturated heterocycles. The Morgan fingerprint density at radius 1 is 1.67 bits per heavy atom. The van der Waals surface area contributed by atoms with Crippen LogP contribution in [0.5, 0.6) is 0 Å². The third-order valence-corrected chi connectivity index (χ3v) is 2.12. The lowest BCUT2D eigenvalue weighted by Crippen LogP contribution is -2.25. The van der Waals surface area contributed by atoms with E-state index in [2.05, 4.69) is 10.3 Å². The summed E-state index contributed by atoms with van der Waals surface area (Å²) in [6, 6.07) is 3.32. The average Bonchev–Trinajstić information content (AvgIpc) is 2.25. The van der Waals surface area contributed by atoms with Gasteiger partial charge in [-0.2, -0.15) is 0 Å². The second kappa shape index (κ2) is 6.37. The van der Waals surface area contributed by atoms with Gasteiger partial charge in [0.25, 0.3) is 5.91 Å². The lowest BCUT2D eigenvalue weighted by atomic mass is 10.2. The van der Waals surface area contributed by atoms with Crippen molar-refractivity contribution in [2.75, 3.05) is 20.3 Å². The van der Waals surface area contributed by atoms with Crippen LogP contribution >= 0.6 is 11.6 Å². The van der Waals surface area contributed by atoms with Gasteiger partial charge in [0.15, 0.2) is 0 Å². The van der Waals surface area contributed by atoms with E-state index in [4.69, 9.17) is 16.3 Å². The van der Waals surface area contributed by atoms with Crippen LogP contribution in [0.4, 0.5) is 0 Å². The van der Waals surface area contributed by atoms with Crippen molar-refractivity contribution in [1.82, 2.24) is 10.3 Å². The molecule has 4 nitrogen and oxygen atoms in total. The molecule has 5 heteroatoms. The number of methoxy groups -OCH3 is 1. The van der Waals surface area contributed by atoms with Crippen molar-refractivity contribution >= 4 is 17.5 Å². The van der Waals surface area contributed by atoms with Crippen molar-refractivity contribution in [3.05, 3.63) is 29.0 Å². The van der Waals surface area contributed by atoms with Crippen LogP contribution in [0.3, 0.4) is 0 Å². The van der Waals surface area contributed by atoms with Crippen LogP contribution in [0.2, 0.25) is 5.15 Å². The molecule has 0 aromatic carbocycles. The minimum atomic E-state index is -0.204. The molecule has 0 aliphatic heterocycles. The molecule has 1 amide bonds. The third-order valence-electron chi connectivity index (χ3n) is 1.81. The van der Waals surface area contributed by atoms with Crippen molar-refractivity contribution in [3.63, 3.8) is 0 Å². The normalized spacial score (nSPS) is 10.0. The Balaban J connectivity index is 2.44. The van der Waals surface area contributed by atoms with E-state index in [1.807, 2.05) is 0 Å². The van der Waals surface area contributed by atoms with E-state index in [9.17, 15) is 4.79 Å². The van der Waals surface area contributed by atoms with Gasteiger partial charge in [0.2, 0.25) is 0 Å². The number of carbonyl (C=O) groups excluding carboxylic acids is 1. The van der Waals surface area contributed by atoms with E-state index in [0.29, 0.717) is 18.7 Å². The van der Waals surface area contributed by atoms with Crippen molar-refractivity contribution in [2.45, 2.75) is 6.42 Å². The molecule has 0 bridgehead atoms. The van der Waals surface area contributed by atoms with Gasteiger partial charge in [-0.25, -0.2) is 4.98 Å². The van der Waals surface area contributed by atoms with Gasteiger partial charge in [-0.05, 0) is 18.6 Å². The standard InChI is InChI=1S/C10H13ClN2O2/c1-15-7-3-6-13-10(14)8-4-2-5-12-9(8)11/h2,4-5H,3,6-7H2,1H3,(H,13,14). The Bertz CT molecular complexity index is 331. The molecule has 0 radical (unpaired) electrons. The lowest BCUT2D eigenvalue weighted by Gasteiger charge is -2.05. The minimum absolute atomic E-state index is 0.204. The summed E-state index contributed by atoms with van der Waals surface area (Å²) >= 11 is 5.76. The number of hydrogen-bond acceptors (Lipinski definition) is 3. The number of aromatic nitrogens is 1. The Morgan fingerprint density at radius 2 is 2.47 bits per heavy atom. The van der Waals surface area contributed by atoms with Crippen LogP contribution in [0, 0.1) is 0 Å². The summed E-state index contributed by atoms with van der Waals surface area (Å²) in [5.74, 6) is -0.204. The van der Waals surface area contributed by atoms with E-state index >= 15 is 0 Å². The number of halogens is 1. The maximum atomic E-state index is 11.6. The fourth-order valence-corrected chi connectivity index (χ4v) is 1.27. The second-order valence-electron chi connectivity index (χ2n) is 2.94. The number of amides is 1. The zero-order valence-corrected chi connectivity index (χ0v) is 9.25. The largest absolute Gasteiger partial charge is 0.385 e. The summed E-state index contributed by atoms with van der Waals surface area (Å²) < 4.78 is 4.86. The van der Waals surface area contributed by atoms with Crippen molar-refractivity contribution in [1.29, 1.82) is 0 Å². The highest BCUT2D eigenvalue weighted by Gasteiger charge is 2.08. The zero-order valence-electron chi connectivity index (χ0n) is 8.50. The predicted octanol–water partition coefficient (Wildman–Crippen LogP) is 1.50. The molecule has 1 rings (SSSR count). The Labute approximate surface area is 93.6 Å². The fourth-order valence-electron chi connectivity index (χ4n) is 1.07. The molecule has 1 N–H and O–H groups in total. The lowest BCUT2D eigenvalue weighted by molar-refractivity contribution is 0.0948. The summed E-state index contributed by atoms with van der Waals surface area (Å²) in [5.41, 5.74) is 0.400. The van der Waals surface area contributed by atoms with Crippen LogP contribution in [-0.2, 0) is 4.74 Å².